The van der Waals surface area contributed by atoms with Gasteiger partial charge in [0.1, 0.15) is 9.79 Å². The summed E-state index contributed by atoms with van der Waals surface area (Å²) in [6.45, 7) is 0. The van der Waals surface area contributed by atoms with E-state index in [1.165, 1.54) is 0 Å². The Labute approximate surface area is 157 Å². The van der Waals surface area contributed by atoms with Crippen LogP contribution in [0, 0.1) is 32.1 Å². The number of hydrogen-bond acceptors (Lipinski definition) is 8. The van der Waals surface area contributed by atoms with Crippen molar-refractivity contribution in [1.29, 1.82) is 0 Å². The van der Waals surface area contributed by atoms with Gasteiger partial charge in [-0.1, -0.05) is 11.8 Å². The molecule has 0 spiro atoms. The van der Waals surface area contributed by atoms with Crippen molar-refractivity contribution in [3.8, 4) is 11.8 Å². The van der Waals surface area contributed by atoms with Crippen LogP contribution in [0.15, 0.2) is 46.2 Å². The molecule has 0 saturated carbocycles. The highest BCUT2D eigenvalue weighted by Gasteiger charge is 2.21. The summed E-state index contributed by atoms with van der Waals surface area (Å²) in [6.07, 6.45) is 0. The van der Waals surface area contributed by atoms with Gasteiger partial charge in [0.2, 0.25) is 0 Å². The number of rotatable bonds is 4. The molecule has 0 aliphatic carbocycles. The molecule has 0 unspecified atom stereocenters. The Morgan fingerprint density at radius 2 is 1.04 bits per heavy atom. The van der Waals surface area contributed by atoms with Crippen molar-refractivity contribution in [2.75, 3.05) is 0 Å². The molecule has 0 fully saturated rings. The highest BCUT2D eigenvalue weighted by molar-refractivity contribution is 7.86. The van der Waals surface area contributed by atoms with Crippen molar-refractivity contribution in [2.24, 2.45) is 0 Å². The predicted molar refractivity (Wildman–Crippen MR) is 91.8 cm³/mol. The fraction of sp³-hybridized carbons (Fsp3) is 0. The molecule has 0 atom stereocenters. The lowest BCUT2D eigenvalue weighted by Crippen LogP contribution is -2.04. The second-order valence-electron chi connectivity index (χ2n) is 5.08. The SMILES string of the molecule is O=[N+]([O-])c1ccc(C#Cc2ccc([N+](=O)[O-])cc2S(=O)(=O)O)c(S(=O)(=O)O)c1. The minimum atomic E-state index is -4.91. The lowest BCUT2D eigenvalue weighted by Gasteiger charge is -2.02. The molecule has 146 valence electrons. The molecule has 0 aliphatic rings. The van der Waals surface area contributed by atoms with Crippen LogP contribution < -0.4 is 0 Å². The predicted octanol–water partition coefficient (Wildman–Crippen LogP) is 1.40. The van der Waals surface area contributed by atoms with Crippen LogP contribution in [0.3, 0.4) is 0 Å². The van der Waals surface area contributed by atoms with Crippen LogP contribution in [0.5, 0.6) is 0 Å². The average molecular weight is 428 g/mol. The van der Waals surface area contributed by atoms with Gasteiger partial charge in [0.15, 0.2) is 0 Å². The monoisotopic (exact) mass is 428 g/mol. The molecule has 14 heteroatoms. The fourth-order valence-electron chi connectivity index (χ4n) is 2.02. The van der Waals surface area contributed by atoms with Gasteiger partial charge in [-0.2, -0.15) is 16.8 Å². The van der Waals surface area contributed by atoms with Crippen molar-refractivity contribution in [1.82, 2.24) is 0 Å². The van der Waals surface area contributed by atoms with Gasteiger partial charge < -0.3 is 0 Å². The van der Waals surface area contributed by atoms with E-state index in [-0.39, 0.29) is 0 Å². The summed E-state index contributed by atoms with van der Waals surface area (Å²) >= 11 is 0. The Kier molecular flexibility index (Phi) is 5.47. The molecule has 2 aromatic carbocycles. The first-order chi connectivity index (χ1) is 12.8. The second kappa shape index (κ2) is 7.32. The highest BCUT2D eigenvalue weighted by atomic mass is 32.2. The summed E-state index contributed by atoms with van der Waals surface area (Å²) in [4.78, 5) is 17.9. The number of non-ortho nitro benzene ring substituents is 2. The Morgan fingerprint density at radius 3 is 1.29 bits per heavy atom. The molecular weight excluding hydrogens is 420 g/mol. The van der Waals surface area contributed by atoms with E-state index < -0.39 is 62.4 Å². The summed E-state index contributed by atoms with van der Waals surface area (Å²) in [5.74, 6) is 4.41. The van der Waals surface area contributed by atoms with Gasteiger partial charge in [0.25, 0.3) is 31.6 Å². The molecule has 28 heavy (non-hydrogen) atoms. The van der Waals surface area contributed by atoms with Crippen LogP contribution in [0.25, 0.3) is 0 Å². The van der Waals surface area contributed by atoms with Crippen molar-refractivity contribution < 1.29 is 35.8 Å². The quantitative estimate of drug-likeness (QED) is 0.311. The standard InChI is InChI=1S/C14H8N2O10S2/c17-15(18)11-5-3-9(13(7-11)27(21,22)23)1-2-10-4-6-12(16(19)20)8-14(10)28(24,25)26/h3-8H,(H,21,22,23)(H,24,25,26). The minimum Gasteiger partial charge on any atom is -0.282 e. The Morgan fingerprint density at radius 1 is 0.714 bits per heavy atom. The van der Waals surface area contributed by atoms with Gasteiger partial charge in [-0.3, -0.25) is 29.3 Å². The van der Waals surface area contributed by atoms with E-state index in [0.29, 0.717) is 12.1 Å². The van der Waals surface area contributed by atoms with E-state index >= 15 is 0 Å². The lowest BCUT2D eigenvalue weighted by atomic mass is 10.1. The number of nitro groups is 2. The molecule has 0 aromatic heterocycles. The molecule has 2 N–H and O–H groups in total. The van der Waals surface area contributed by atoms with Crippen molar-refractivity contribution in [2.45, 2.75) is 9.79 Å². The molecule has 2 rings (SSSR count). The molecule has 2 aromatic rings. The zero-order valence-electron chi connectivity index (χ0n) is 13.3. The molecule has 0 amide bonds. The van der Waals surface area contributed by atoms with Crippen LogP contribution in [-0.4, -0.2) is 35.8 Å². The van der Waals surface area contributed by atoms with E-state index in [9.17, 15) is 46.2 Å². The third-order valence-electron chi connectivity index (χ3n) is 3.24. The van der Waals surface area contributed by atoms with Crippen molar-refractivity contribution in [3.63, 3.8) is 0 Å². The molecule has 12 nitrogen and oxygen atoms in total. The Hall–Kier alpha value is -3.38. The van der Waals surface area contributed by atoms with Crippen LogP contribution >= 0.6 is 0 Å². The smallest absolute Gasteiger partial charge is 0.282 e. The zero-order valence-corrected chi connectivity index (χ0v) is 15.0. The molecular formula is C14H8N2O10S2. The van der Waals surface area contributed by atoms with E-state index in [4.69, 9.17) is 0 Å². The van der Waals surface area contributed by atoms with Crippen LogP contribution in [0.1, 0.15) is 11.1 Å². The summed E-state index contributed by atoms with van der Waals surface area (Å²) in [5, 5.41) is 21.5. The minimum absolute atomic E-state index is 0.409. The van der Waals surface area contributed by atoms with E-state index in [2.05, 4.69) is 11.8 Å². The maximum atomic E-state index is 11.4. The first-order valence-electron chi connectivity index (χ1n) is 6.84. The van der Waals surface area contributed by atoms with Gasteiger partial charge in [0.05, 0.1) is 9.85 Å². The number of nitrogens with zero attached hydrogens (tertiary/aromatic N) is 2. The number of hydrogen-bond donors (Lipinski definition) is 2. The average Bonchev–Trinajstić information content (AvgIpc) is 2.57. The summed E-state index contributed by atoms with van der Waals surface area (Å²) < 4.78 is 64.2. The molecule has 0 bridgehead atoms. The molecule has 0 radical (unpaired) electrons. The van der Waals surface area contributed by atoms with Crippen molar-refractivity contribution in [3.05, 3.63) is 67.8 Å². The van der Waals surface area contributed by atoms with E-state index in [0.717, 1.165) is 24.3 Å². The summed E-state index contributed by atoms with van der Waals surface area (Å²) in [5.41, 5.74) is -2.11. The van der Waals surface area contributed by atoms with Gasteiger partial charge in [-0.15, -0.1) is 0 Å². The maximum Gasteiger partial charge on any atom is 0.296 e. The Bertz CT molecular complexity index is 1170. The highest BCUT2D eigenvalue weighted by Crippen LogP contribution is 2.24. The lowest BCUT2D eigenvalue weighted by molar-refractivity contribution is -0.385. The van der Waals surface area contributed by atoms with Gasteiger partial charge in [-0.25, -0.2) is 0 Å². The van der Waals surface area contributed by atoms with Crippen LogP contribution in [0.4, 0.5) is 11.4 Å². The number of benzene rings is 2. The van der Waals surface area contributed by atoms with Crippen LogP contribution in [0.2, 0.25) is 0 Å². The normalized spacial score (nSPS) is 11.4. The third kappa shape index (κ3) is 4.66. The topological polar surface area (TPSA) is 195 Å². The largest absolute Gasteiger partial charge is 0.296 e. The molecule has 0 heterocycles. The summed E-state index contributed by atoms with van der Waals surface area (Å²) in [6, 6.07) is 4.73. The van der Waals surface area contributed by atoms with Gasteiger partial charge in [-0.05, 0) is 12.1 Å². The summed E-state index contributed by atoms with van der Waals surface area (Å²) in [7, 11) is -9.83. The van der Waals surface area contributed by atoms with Gasteiger partial charge >= 0.3 is 0 Å². The first kappa shape index (κ1) is 20.9. The Balaban J connectivity index is 2.70. The maximum absolute atomic E-state index is 11.4. The molecule has 0 saturated heterocycles. The fourth-order valence-corrected chi connectivity index (χ4v) is 3.35. The third-order valence-corrected chi connectivity index (χ3v) is 5.03. The van der Waals surface area contributed by atoms with Gasteiger partial charge in [0, 0.05) is 35.4 Å². The molecule has 0 aliphatic heterocycles. The first-order valence-corrected chi connectivity index (χ1v) is 9.72. The van der Waals surface area contributed by atoms with Crippen molar-refractivity contribution >= 4 is 31.6 Å². The van der Waals surface area contributed by atoms with Crippen LogP contribution in [-0.2, 0) is 20.2 Å². The second-order valence-corrected chi connectivity index (χ2v) is 7.86. The van der Waals surface area contributed by atoms with E-state index in [1.807, 2.05) is 0 Å². The van der Waals surface area contributed by atoms with E-state index in [1.54, 1.807) is 0 Å². The zero-order chi connectivity index (χ0) is 21.3. The number of nitro benzene ring substituents is 2.